The fourth-order valence-electron chi connectivity index (χ4n) is 3.20. The van der Waals surface area contributed by atoms with Crippen molar-refractivity contribution in [2.24, 2.45) is 5.92 Å². The van der Waals surface area contributed by atoms with Crippen LogP contribution in [-0.2, 0) is 11.2 Å². The molecule has 0 radical (unpaired) electrons. The lowest BCUT2D eigenvalue weighted by Crippen LogP contribution is -2.41. The van der Waals surface area contributed by atoms with E-state index in [1.807, 2.05) is 18.2 Å². The number of carboxylic acid groups (broad SMARTS) is 1. The molecule has 0 bridgehead atoms. The summed E-state index contributed by atoms with van der Waals surface area (Å²) in [6.07, 6.45) is 6.88. The molecule has 0 amide bonds. The van der Waals surface area contributed by atoms with E-state index in [2.05, 4.69) is 24.4 Å². The summed E-state index contributed by atoms with van der Waals surface area (Å²) >= 11 is 0. The predicted molar refractivity (Wildman–Crippen MR) is 85.4 cm³/mol. The summed E-state index contributed by atoms with van der Waals surface area (Å²) in [5, 5.41) is 12.7. The Bertz CT molecular complexity index is 424. The number of hydrogen-bond donors (Lipinski definition) is 2. The van der Waals surface area contributed by atoms with Crippen molar-refractivity contribution in [2.45, 2.75) is 64.0 Å². The van der Waals surface area contributed by atoms with Crippen molar-refractivity contribution in [3.8, 4) is 0 Å². The minimum atomic E-state index is -0.702. The molecule has 1 fully saturated rings. The number of rotatable bonds is 7. The molecule has 1 atom stereocenters. The first-order valence-corrected chi connectivity index (χ1v) is 8.15. The lowest BCUT2D eigenvalue weighted by atomic mass is 9.86. The van der Waals surface area contributed by atoms with E-state index >= 15 is 0 Å². The van der Waals surface area contributed by atoms with E-state index in [1.54, 1.807) is 0 Å². The zero-order valence-corrected chi connectivity index (χ0v) is 12.9. The van der Waals surface area contributed by atoms with Crippen LogP contribution in [0.3, 0.4) is 0 Å². The molecule has 1 saturated carbocycles. The number of benzene rings is 1. The molecule has 0 heterocycles. The summed E-state index contributed by atoms with van der Waals surface area (Å²) in [4.78, 5) is 10.9. The summed E-state index contributed by atoms with van der Waals surface area (Å²) in [6, 6.07) is 11.2. The van der Waals surface area contributed by atoms with Crippen molar-refractivity contribution in [1.82, 2.24) is 5.32 Å². The smallest absolute Gasteiger partial charge is 0.303 e. The Morgan fingerprint density at radius 1 is 1.24 bits per heavy atom. The van der Waals surface area contributed by atoms with E-state index in [4.69, 9.17) is 5.11 Å². The lowest BCUT2D eigenvalue weighted by molar-refractivity contribution is -0.137. The maximum atomic E-state index is 10.9. The first kappa shape index (κ1) is 16.0. The SMILES string of the molecule is CC1CCC(NC(CCC(=O)O)Cc2ccccc2)CC1. The maximum absolute atomic E-state index is 10.9. The van der Waals surface area contributed by atoms with Crippen molar-refractivity contribution in [3.05, 3.63) is 35.9 Å². The fraction of sp³-hybridized carbons (Fsp3) is 0.611. The van der Waals surface area contributed by atoms with Gasteiger partial charge in [0.05, 0.1) is 0 Å². The molecule has 116 valence electrons. The number of nitrogens with one attached hydrogen (secondary N) is 1. The molecule has 1 aliphatic rings. The third-order valence-electron chi connectivity index (χ3n) is 4.52. The van der Waals surface area contributed by atoms with Gasteiger partial charge in [0.2, 0.25) is 0 Å². The zero-order valence-electron chi connectivity index (χ0n) is 12.9. The van der Waals surface area contributed by atoms with Crippen LogP contribution in [0.25, 0.3) is 0 Å². The first-order chi connectivity index (χ1) is 10.1. The van der Waals surface area contributed by atoms with E-state index in [1.165, 1.54) is 31.2 Å². The average Bonchev–Trinajstić information content (AvgIpc) is 2.48. The summed E-state index contributed by atoms with van der Waals surface area (Å²) < 4.78 is 0. The van der Waals surface area contributed by atoms with Gasteiger partial charge in [0.25, 0.3) is 0 Å². The third kappa shape index (κ3) is 5.88. The highest BCUT2D eigenvalue weighted by Crippen LogP contribution is 2.24. The molecular weight excluding hydrogens is 262 g/mol. The van der Waals surface area contributed by atoms with Crippen LogP contribution in [0.2, 0.25) is 0 Å². The second-order valence-electron chi connectivity index (χ2n) is 6.44. The summed E-state index contributed by atoms with van der Waals surface area (Å²) in [7, 11) is 0. The molecule has 0 saturated heterocycles. The Morgan fingerprint density at radius 3 is 2.52 bits per heavy atom. The molecule has 21 heavy (non-hydrogen) atoms. The Kier molecular flexibility index (Phi) is 6.24. The van der Waals surface area contributed by atoms with Crippen LogP contribution in [-0.4, -0.2) is 23.2 Å². The lowest BCUT2D eigenvalue weighted by Gasteiger charge is -2.31. The molecule has 1 aromatic carbocycles. The van der Waals surface area contributed by atoms with Gasteiger partial charge < -0.3 is 10.4 Å². The minimum Gasteiger partial charge on any atom is -0.481 e. The predicted octanol–water partition coefficient (Wildman–Crippen LogP) is 3.63. The van der Waals surface area contributed by atoms with Crippen LogP contribution in [0.5, 0.6) is 0 Å². The van der Waals surface area contributed by atoms with E-state index in [0.29, 0.717) is 12.5 Å². The standard InChI is InChI=1S/C18H27NO2/c1-14-7-9-16(10-8-14)19-17(11-12-18(20)21)13-15-5-3-2-4-6-15/h2-6,14,16-17,19H,7-13H2,1H3,(H,20,21). The molecule has 3 heteroatoms. The number of hydrogen-bond acceptors (Lipinski definition) is 2. The highest BCUT2D eigenvalue weighted by molar-refractivity contribution is 5.66. The minimum absolute atomic E-state index is 0.244. The van der Waals surface area contributed by atoms with Crippen LogP contribution >= 0.6 is 0 Å². The second kappa shape index (κ2) is 8.18. The summed E-state index contributed by atoms with van der Waals surface area (Å²) in [6.45, 7) is 2.32. The number of carboxylic acids is 1. The Balaban J connectivity index is 1.90. The Labute approximate surface area is 127 Å². The topological polar surface area (TPSA) is 49.3 Å². The molecule has 1 aromatic rings. The van der Waals surface area contributed by atoms with Gasteiger partial charge in [-0.05, 0) is 50.0 Å². The van der Waals surface area contributed by atoms with E-state index < -0.39 is 5.97 Å². The van der Waals surface area contributed by atoms with Gasteiger partial charge >= 0.3 is 5.97 Å². The molecule has 0 aromatic heterocycles. The number of carbonyl (C=O) groups is 1. The normalized spacial score (nSPS) is 23.7. The van der Waals surface area contributed by atoms with Crippen molar-refractivity contribution in [2.75, 3.05) is 0 Å². The van der Waals surface area contributed by atoms with Crippen LogP contribution < -0.4 is 5.32 Å². The van der Waals surface area contributed by atoms with Gasteiger partial charge in [0, 0.05) is 18.5 Å². The van der Waals surface area contributed by atoms with Crippen molar-refractivity contribution in [1.29, 1.82) is 0 Å². The molecule has 2 N–H and O–H groups in total. The Hall–Kier alpha value is -1.35. The van der Waals surface area contributed by atoms with E-state index in [0.717, 1.165) is 12.3 Å². The number of aliphatic carboxylic acids is 1. The first-order valence-electron chi connectivity index (χ1n) is 8.15. The molecule has 0 aliphatic heterocycles. The van der Waals surface area contributed by atoms with Gasteiger partial charge in [-0.25, -0.2) is 0 Å². The quantitative estimate of drug-likeness (QED) is 0.806. The second-order valence-corrected chi connectivity index (χ2v) is 6.44. The molecule has 2 rings (SSSR count). The molecule has 0 spiro atoms. The molecule has 1 aliphatic carbocycles. The molecule has 3 nitrogen and oxygen atoms in total. The van der Waals surface area contributed by atoms with Crippen LogP contribution in [0.1, 0.15) is 51.0 Å². The molecule has 1 unspecified atom stereocenters. The van der Waals surface area contributed by atoms with Crippen molar-refractivity contribution >= 4 is 5.97 Å². The Morgan fingerprint density at radius 2 is 1.90 bits per heavy atom. The maximum Gasteiger partial charge on any atom is 0.303 e. The van der Waals surface area contributed by atoms with Gasteiger partial charge in [-0.3, -0.25) is 4.79 Å². The van der Waals surface area contributed by atoms with Gasteiger partial charge in [-0.1, -0.05) is 37.3 Å². The van der Waals surface area contributed by atoms with Gasteiger partial charge in [-0.15, -0.1) is 0 Å². The van der Waals surface area contributed by atoms with Gasteiger partial charge in [0.15, 0.2) is 0 Å². The van der Waals surface area contributed by atoms with E-state index in [9.17, 15) is 4.79 Å². The van der Waals surface area contributed by atoms with Crippen LogP contribution in [0.15, 0.2) is 30.3 Å². The largest absolute Gasteiger partial charge is 0.481 e. The van der Waals surface area contributed by atoms with Crippen molar-refractivity contribution < 1.29 is 9.90 Å². The average molecular weight is 289 g/mol. The fourth-order valence-corrected chi connectivity index (χ4v) is 3.20. The monoisotopic (exact) mass is 289 g/mol. The molecular formula is C18H27NO2. The third-order valence-corrected chi connectivity index (χ3v) is 4.52. The zero-order chi connectivity index (χ0) is 15.1. The highest BCUT2D eigenvalue weighted by atomic mass is 16.4. The van der Waals surface area contributed by atoms with Gasteiger partial charge in [-0.2, -0.15) is 0 Å². The van der Waals surface area contributed by atoms with E-state index in [-0.39, 0.29) is 12.5 Å². The van der Waals surface area contributed by atoms with Crippen molar-refractivity contribution in [3.63, 3.8) is 0 Å². The summed E-state index contributed by atoms with van der Waals surface area (Å²) in [5.74, 6) is 0.141. The summed E-state index contributed by atoms with van der Waals surface area (Å²) in [5.41, 5.74) is 1.28. The van der Waals surface area contributed by atoms with Crippen LogP contribution in [0, 0.1) is 5.92 Å². The van der Waals surface area contributed by atoms with Crippen LogP contribution in [0.4, 0.5) is 0 Å². The van der Waals surface area contributed by atoms with Gasteiger partial charge in [0.1, 0.15) is 0 Å². The highest BCUT2D eigenvalue weighted by Gasteiger charge is 2.21.